The Labute approximate surface area is 342 Å². The van der Waals surface area contributed by atoms with Crippen molar-refractivity contribution in [2.24, 2.45) is 0 Å². The van der Waals surface area contributed by atoms with Gasteiger partial charge in [0.25, 0.3) is 10.0 Å². The van der Waals surface area contributed by atoms with E-state index < -0.39 is 36.4 Å². The zero-order chi connectivity index (χ0) is 38.8. The van der Waals surface area contributed by atoms with E-state index in [1.54, 1.807) is 37.6 Å². The van der Waals surface area contributed by atoms with Gasteiger partial charge in [0.15, 0.2) is 4.90 Å². The van der Waals surface area contributed by atoms with E-state index in [4.69, 9.17) is 14.7 Å². The van der Waals surface area contributed by atoms with Gasteiger partial charge in [-0.2, -0.15) is 0 Å². The number of sulfonamides is 1. The molecule has 19 heteroatoms. The molecular formula is C37H43Cl2F2N7O5S3. The van der Waals surface area contributed by atoms with Crippen molar-refractivity contribution in [1.82, 2.24) is 20.3 Å². The lowest BCUT2D eigenvalue weighted by Gasteiger charge is -2.39. The van der Waals surface area contributed by atoms with Crippen LogP contribution in [0.25, 0.3) is 21.8 Å². The van der Waals surface area contributed by atoms with Crippen LogP contribution in [0.4, 0.5) is 31.8 Å². The van der Waals surface area contributed by atoms with Crippen LogP contribution >= 0.6 is 36.2 Å². The van der Waals surface area contributed by atoms with Gasteiger partial charge in [-0.25, -0.2) is 40.6 Å². The Hall–Kier alpha value is -4.13. The molecule has 0 spiro atoms. The molecule has 0 aliphatic carbocycles. The second-order valence-electron chi connectivity index (χ2n) is 13.3. The maximum absolute atomic E-state index is 14.4. The molecular weight excluding hydrogens is 828 g/mol. The van der Waals surface area contributed by atoms with Crippen LogP contribution < -0.4 is 25.0 Å². The molecule has 12 nitrogen and oxygen atoms in total. The van der Waals surface area contributed by atoms with Gasteiger partial charge in [0.05, 0.1) is 39.8 Å². The fourth-order valence-electron chi connectivity index (χ4n) is 6.23. The van der Waals surface area contributed by atoms with Crippen LogP contribution in [-0.4, -0.2) is 76.6 Å². The standard InChI is InChI=1S/C37H41F2N7O5S3.2ClH/c1-22(2)36-44-33(24-8-6-9-25(19-24)45-54(49,50)35-27(38)10-7-11-28(35)39)34(52-36)29-12-14-41-37(42-29)43-30-18-23(3)31(20-32(30)51-4)46-16-15-40-21-26(46)13-17-53(5,47)48;;/h6-12,14,18-20,22,26,40,45H,13,15-17,21H2,1-5H3,(H,41,42,43);2*1H. The van der Waals surface area contributed by atoms with Gasteiger partial charge in [0, 0.05) is 67.1 Å². The van der Waals surface area contributed by atoms with Gasteiger partial charge in [0.1, 0.15) is 27.2 Å². The Balaban J connectivity index is 0.00000348. The summed E-state index contributed by atoms with van der Waals surface area (Å²) in [6.07, 6.45) is 3.38. The number of hydrogen-bond donors (Lipinski definition) is 3. The normalized spacial score (nSPS) is 14.5. The minimum atomic E-state index is -4.59. The molecule has 0 saturated carbocycles. The van der Waals surface area contributed by atoms with Crippen molar-refractivity contribution in [3.63, 3.8) is 0 Å². The van der Waals surface area contributed by atoms with E-state index in [9.17, 15) is 25.6 Å². The van der Waals surface area contributed by atoms with Crippen LogP contribution in [0.2, 0.25) is 0 Å². The molecule has 5 aromatic rings. The number of nitrogens with zero attached hydrogens (tertiary/aromatic N) is 4. The molecule has 56 heavy (non-hydrogen) atoms. The summed E-state index contributed by atoms with van der Waals surface area (Å²) in [5.41, 5.74) is 4.31. The average molecular weight is 871 g/mol. The summed E-state index contributed by atoms with van der Waals surface area (Å²) < 4.78 is 86.8. The van der Waals surface area contributed by atoms with E-state index in [0.29, 0.717) is 58.7 Å². The quantitative estimate of drug-likeness (QED) is 0.107. The van der Waals surface area contributed by atoms with Crippen LogP contribution in [0.15, 0.2) is 71.8 Å². The Kier molecular flexibility index (Phi) is 14.7. The van der Waals surface area contributed by atoms with Gasteiger partial charge in [-0.05, 0) is 55.3 Å². The van der Waals surface area contributed by atoms with Gasteiger partial charge in [-0.3, -0.25) is 4.72 Å². The summed E-state index contributed by atoms with van der Waals surface area (Å²) in [7, 11) is -6.13. The molecule has 2 aromatic heterocycles. The molecule has 1 fully saturated rings. The van der Waals surface area contributed by atoms with E-state index in [-0.39, 0.29) is 48.2 Å². The molecule has 1 saturated heterocycles. The van der Waals surface area contributed by atoms with E-state index in [2.05, 4.69) is 25.2 Å². The largest absolute Gasteiger partial charge is 0.494 e. The van der Waals surface area contributed by atoms with Crippen molar-refractivity contribution >= 4 is 79.0 Å². The molecule has 0 bridgehead atoms. The fourth-order valence-corrected chi connectivity index (χ4v) is 9.18. The van der Waals surface area contributed by atoms with Crippen molar-refractivity contribution in [1.29, 1.82) is 0 Å². The minimum Gasteiger partial charge on any atom is -0.494 e. The first-order valence-corrected chi connectivity index (χ1v) is 21.5. The summed E-state index contributed by atoms with van der Waals surface area (Å²) in [6, 6.07) is 14.9. The Morgan fingerprint density at radius 2 is 1.73 bits per heavy atom. The number of piperazine rings is 1. The molecule has 6 rings (SSSR count). The van der Waals surface area contributed by atoms with Gasteiger partial charge in [-0.1, -0.05) is 32.0 Å². The fraction of sp³-hybridized carbons (Fsp3) is 0.324. The number of anilines is 4. The minimum absolute atomic E-state index is 0. The summed E-state index contributed by atoms with van der Waals surface area (Å²) in [4.78, 5) is 16.1. The monoisotopic (exact) mass is 869 g/mol. The van der Waals surface area contributed by atoms with Gasteiger partial charge in [-0.15, -0.1) is 36.2 Å². The molecule has 3 N–H and O–H groups in total. The number of nitrogens with one attached hydrogen (secondary N) is 3. The predicted octanol–water partition coefficient (Wildman–Crippen LogP) is 7.59. The summed E-state index contributed by atoms with van der Waals surface area (Å²) in [5, 5.41) is 7.49. The maximum Gasteiger partial charge on any atom is 0.267 e. The summed E-state index contributed by atoms with van der Waals surface area (Å²) >= 11 is 1.44. The van der Waals surface area contributed by atoms with E-state index in [1.807, 2.05) is 32.9 Å². The van der Waals surface area contributed by atoms with Crippen LogP contribution in [0.5, 0.6) is 5.75 Å². The average Bonchev–Trinajstić information content (AvgIpc) is 3.57. The first-order chi connectivity index (χ1) is 25.6. The third kappa shape index (κ3) is 10.2. The first-order valence-electron chi connectivity index (χ1n) is 17.2. The van der Waals surface area contributed by atoms with Gasteiger partial charge in [0.2, 0.25) is 5.95 Å². The molecule has 0 amide bonds. The zero-order valence-electron chi connectivity index (χ0n) is 31.2. The SMILES string of the molecule is COc1cc(N2CCNCC2CCS(C)(=O)=O)c(C)cc1Nc1nccc(-c2sc(C(C)C)nc2-c2cccc(NS(=O)(=O)c3c(F)cccc3F)c2)n1.Cl.Cl. The zero-order valence-corrected chi connectivity index (χ0v) is 35.3. The van der Waals surface area contributed by atoms with Crippen LogP contribution in [0.3, 0.4) is 0 Å². The number of rotatable bonds is 13. The third-order valence-electron chi connectivity index (χ3n) is 8.85. The number of aryl methyl sites for hydroxylation is 1. The highest BCUT2D eigenvalue weighted by molar-refractivity contribution is 7.92. The van der Waals surface area contributed by atoms with Crippen molar-refractivity contribution in [3.05, 3.63) is 89.1 Å². The Bertz CT molecular complexity index is 2380. The van der Waals surface area contributed by atoms with E-state index in [0.717, 1.165) is 41.0 Å². The van der Waals surface area contributed by atoms with Crippen LogP contribution in [0, 0.1) is 18.6 Å². The number of aromatic nitrogens is 3. The number of halogens is 4. The Morgan fingerprint density at radius 3 is 2.41 bits per heavy atom. The van der Waals surface area contributed by atoms with Crippen molar-refractivity contribution in [2.75, 3.05) is 53.7 Å². The predicted molar refractivity (Wildman–Crippen MR) is 224 cm³/mol. The van der Waals surface area contributed by atoms with Crippen LogP contribution in [0.1, 0.15) is 36.8 Å². The molecule has 302 valence electrons. The molecule has 1 unspecified atom stereocenters. The molecule has 1 atom stereocenters. The highest BCUT2D eigenvalue weighted by Gasteiger charge is 2.27. The number of ether oxygens (including phenoxy) is 1. The molecule has 1 aliphatic heterocycles. The Morgan fingerprint density at radius 1 is 1.02 bits per heavy atom. The molecule has 0 radical (unpaired) electrons. The second kappa shape index (κ2) is 18.4. The van der Waals surface area contributed by atoms with Crippen molar-refractivity contribution < 1.29 is 30.4 Å². The maximum atomic E-state index is 14.4. The van der Waals surface area contributed by atoms with Gasteiger partial charge < -0.3 is 20.3 Å². The van der Waals surface area contributed by atoms with Crippen LogP contribution in [-0.2, 0) is 19.9 Å². The first kappa shape index (κ1) is 44.6. The molecule has 3 heterocycles. The summed E-state index contributed by atoms with van der Waals surface area (Å²) in [6.45, 7) is 8.17. The highest BCUT2D eigenvalue weighted by Crippen LogP contribution is 2.40. The number of methoxy groups -OCH3 is 1. The smallest absolute Gasteiger partial charge is 0.267 e. The number of sulfone groups is 1. The van der Waals surface area contributed by atoms with Gasteiger partial charge >= 0.3 is 0 Å². The molecule has 3 aromatic carbocycles. The van der Waals surface area contributed by atoms with Crippen molar-refractivity contribution in [3.8, 4) is 27.6 Å². The topological polar surface area (TPSA) is 156 Å². The van der Waals surface area contributed by atoms with E-state index >= 15 is 0 Å². The second-order valence-corrected chi connectivity index (χ2v) is 18.2. The lowest BCUT2D eigenvalue weighted by Crippen LogP contribution is -2.52. The lowest BCUT2D eigenvalue weighted by molar-refractivity contribution is 0.415. The third-order valence-corrected chi connectivity index (χ3v) is 12.6. The summed E-state index contributed by atoms with van der Waals surface area (Å²) in [5.74, 6) is -1.38. The number of thiazole rings is 1. The number of hydrogen-bond acceptors (Lipinski definition) is 12. The lowest BCUT2D eigenvalue weighted by atomic mass is 10.1. The highest BCUT2D eigenvalue weighted by atomic mass is 35.5. The van der Waals surface area contributed by atoms with E-state index in [1.165, 1.54) is 23.7 Å². The number of benzene rings is 3. The molecule has 1 aliphatic rings. The van der Waals surface area contributed by atoms with Crippen molar-refractivity contribution in [2.45, 2.75) is 44.0 Å².